The summed E-state index contributed by atoms with van der Waals surface area (Å²) in [6.07, 6.45) is 3.51. The first-order valence-electron chi connectivity index (χ1n) is 9.98. The monoisotopic (exact) mass is 441 g/mol. The number of nitrogen functional groups attached to an aromatic ring is 1. The number of benzene rings is 1. The van der Waals surface area contributed by atoms with Crippen molar-refractivity contribution in [2.45, 2.75) is 39.4 Å². The minimum Gasteiger partial charge on any atom is -0.384 e. The number of anilines is 1. The lowest BCUT2D eigenvalue weighted by atomic mass is 10.1. The summed E-state index contributed by atoms with van der Waals surface area (Å²) >= 11 is 1.22. The summed E-state index contributed by atoms with van der Waals surface area (Å²) in [5, 5.41) is 0.632. The van der Waals surface area contributed by atoms with Crippen molar-refractivity contribution < 1.29 is 4.79 Å². The molecule has 2 aromatic heterocycles. The summed E-state index contributed by atoms with van der Waals surface area (Å²) in [5.41, 5.74) is 7.93. The van der Waals surface area contributed by atoms with Gasteiger partial charge in [-0.2, -0.15) is 0 Å². The molecule has 3 rings (SSSR count). The Morgan fingerprint density at radius 2 is 1.94 bits per heavy atom. The fourth-order valence-electron chi connectivity index (χ4n) is 3.35. The first kappa shape index (κ1) is 22.6. The maximum Gasteiger partial charge on any atom is 0.332 e. The lowest BCUT2D eigenvalue weighted by Crippen LogP contribution is -2.43. The lowest BCUT2D eigenvalue weighted by Gasteiger charge is -2.16. The number of nitrogens with two attached hydrogens (primary N) is 1. The van der Waals surface area contributed by atoms with Crippen LogP contribution in [0.4, 0.5) is 5.82 Å². The Bertz CT molecular complexity index is 1250. The van der Waals surface area contributed by atoms with E-state index in [0.717, 1.165) is 21.4 Å². The number of ketones is 1. The molecule has 0 unspecified atom stereocenters. The molecule has 0 saturated carbocycles. The van der Waals surface area contributed by atoms with Crippen LogP contribution in [0, 0.1) is 19.8 Å². The van der Waals surface area contributed by atoms with Gasteiger partial charge in [0, 0.05) is 26.0 Å². The highest BCUT2D eigenvalue weighted by Crippen LogP contribution is 2.24. The zero-order valence-electron chi connectivity index (χ0n) is 18.4. The number of carbonyl (C=O) groups excluding carboxylic acids is 1. The highest BCUT2D eigenvalue weighted by atomic mass is 32.2. The Balaban J connectivity index is 1.92. The van der Waals surface area contributed by atoms with Gasteiger partial charge >= 0.3 is 5.69 Å². The first-order valence-corrected chi connectivity index (χ1v) is 11.0. The zero-order chi connectivity index (χ0) is 22.9. The molecule has 0 radical (unpaired) electrons. The first-order chi connectivity index (χ1) is 14.6. The third-order valence-corrected chi connectivity index (χ3v) is 5.94. The fraction of sp³-hybridized carbons (Fsp3) is 0.364. The molecule has 0 bridgehead atoms. The molecular formula is C22H27N5O3S. The van der Waals surface area contributed by atoms with Gasteiger partial charge in [0.25, 0.3) is 5.56 Å². The van der Waals surface area contributed by atoms with E-state index in [9.17, 15) is 14.4 Å². The molecule has 2 heterocycles. The van der Waals surface area contributed by atoms with Crippen LogP contribution in [0.25, 0.3) is 5.69 Å². The molecule has 0 fully saturated rings. The summed E-state index contributed by atoms with van der Waals surface area (Å²) in [6.45, 7) is 8.21. The van der Waals surface area contributed by atoms with E-state index in [-0.39, 0.29) is 23.1 Å². The van der Waals surface area contributed by atoms with E-state index in [1.807, 2.05) is 50.6 Å². The minimum atomic E-state index is -0.675. The van der Waals surface area contributed by atoms with Crippen molar-refractivity contribution in [2.75, 3.05) is 11.5 Å². The van der Waals surface area contributed by atoms with E-state index >= 15 is 0 Å². The van der Waals surface area contributed by atoms with Crippen LogP contribution in [0.5, 0.6) is 0 Å². The lowest BCUT2D eigenvalue weighted by molar-refractivity contribution is 0.102. The van der Waals surface area contributed by atoms with Gasteiger partial charge in [-0.1, -0.05) is 37.7 Å². The molecular weight excluding hydrogens is 414 g/mol. The number of imidazole rings is 1. The number of aromatic nitrogens is 4. The largest absolute Gasteiger partial charge is 0.384 e. The van der Waals surface area contributed by atoms with Crippen molar-refractivity contribution in [3.8, 4) is 5.69 Å². The van der Waals surface area contributed by atoms with Crippen molar-refractivity contribution in [3.63, 3.8) is 0 Å². The normalized spacial score (nSPS) is 11.3. The van der Waals surface area contributed by atoms with Crippen molar-refractivity contribution in [1.82, 2.24) is 18.7 Å². The molecule has 0 atom stereocenters. The number of aryl methyl sites for hydroxylation is 2. The maximum absolute atomic E-state index is 13.0. The average molecular weight is 442 g/mol. The molecule has 0 saturated heterocycles. The number of hydrogen-bond acceptors (Lipinski definition) is 6. The summed E-state index contributed by atoms with van der Waals surface area (Å²) in [7, 11) is 1.36. The highest BCUT2D eigenvalue weighted by molar-refractivity contribution is 7.99. The predicted molar refractivity (Wildman–Crippen MR) is 123 cm³/mol. The second kappa shape index (κ2) is 8.97. The van der Waals surface area contributed by atoms with Gasteiger partial charge in [-0.05, 0) is 37.0 Å². The molecule has 164 valence electrons. The van der Waals surface area contributed by atoms with Crippen molar-refractivity contribution in [2.24, 2.45) is 13.0 Å². The average Bonchev–Trinajstić information content (AvgIpc) is 3.18. The Morgan fingerprint density at radius 3 is 2.61 bits per heavy atom. The zero-order valence-corrected chi connectivity index (χ0v) is 19.2. The number of Topliss-reactive ketones (excluding diaryl/α,β-unsaturated/α-hetero) is 1. The van der Waals surface area contributed by atoms with Crippen LogP contribution in [-0.2, 0) is 13.6 Å². The molecule has 0 aliphatic heterocycles. The van der Waals surface area contributed by atoms with E-state index in [1.54, 1.807) is 6.20 Å². The van der Waals surface area contributed by atoms with Crippen molar-refractivity contribution >= 4 is 23.4 Å². The second-order valence-electron chi connectivity index (χ2n) is 7.99. The standard InChI is InChI=1S/C22H27N5O3S/c1-13(2)11-27-19(23)18(20(29)25(5)22(27)30)17(28)12-31-21-24-8-9-26(21)16-10-14(3)6-7-15(16)4/h6-10,13H,11-12,23H2,1-5H3. The summed E-state index contributed by atoms with van der Waals surface area (Å²) in [5.74, 6) is -0.414. The Hall–Kier alpha value is -3.07. The molecule has 2 N–H and O–H groups in total. The molecule has 0 aliphatic rings. The summed E-state index contributed by atoms with van der Waals surface area (Å²) in [4.78, 5) is 42.4. The van der Waals surface area contributed by atoms with Gasteiger partial charge in [-0.3, -0.25) is 23.3 Å². The second-order valence-corrected chi connectivity index (χ2v) is 8.94. The van der Waals surface area contributed by atoms with E-state index in [0.29, 0.717) is 11.7 Å². The molecule has 0 aliphatic carbocycles. The number of hydrogen-bond donors (Lipinski definition) is 1. The van der Waals surface area contributed by atoms with Crippen molar-refractivity contribution in [1.29, 1.82) is 0 Å². The van der Waals surface area contributed by atoms with Gasteiger partial charge in [0.1, 0.15) is 11.4 Å². The summed E-state index contributed by atoms with van der Waals surface area (Å²) in [6, 6.07) is 6.13. The molecule has 3 aromatic rings. The van der Waals surface area contributed by atoms with E-state index < -0.39 is 17.0 Å². The van der Waals surface area contributed by atoms with Crippen LogP contribution in [0.15, 0.2) is 45.3 Å². The van der Waals surface area contributed by atoms with Gasteiger partial charge < -0.3 is 5.73 Å². The van der Waals surface area contributed by atoms with Gasteiger partial charge in [-0.25, -0.2) is 9.78 Å². The van der Waals surface area contributed by atoms with Crippen LogP contribution in [-0.4, -0.2) is 30.2 Å². The SMILES string of the molecule is Cc1ccc(C)c(-n2ccnc2SCC(=O)c2c(N)n(CC(C)C)c(=O)n(C)c2=O)c1. The van der Waals surface area contributed by atoms with Gasteiger partial charge in [0.2, 0.25) is 0 Å². The topological polar surface area (TPSA) is 105 Å². The van der Waals surface area contributed by atoms with E-state index in [1.165, 1.54) is 23.4 Å². The number of nitrogens with zero attached hydrogens (tertiary/aromatic N) is 4. The van der Waals surface area contributed by atoms with Crippen LogP contribution < -0.4 is 17.0 Å². The molecule has 0 amide bonds. The maximum atomic E-state index is 13.0. The van der Waals surface area contributed by atoms with Crippen LogP contribution in [0.1, 0.15) is 35.3 Å². The van der Waals surface area contributed by atoms with Crippen LogP contribution in [0.3, 0.4) is 0 Å². The molecule has 0 spiro atoms. The molecule has 9 heteroatoms. The quantitative estimate of drug-likeness (QED) is 0.446. The van der Waals surface area contributed by atoms with Crippen LogP contribution in [0.2, 0.25) is 0 Å². The van der Waals surface area contributed by atoms with Gasteiger partial charge in [0.05, 0.1) is 11.4 Å². The Kier molecular flexibility index (Phi) is 6.54. The summed E-state index contributed by atoms with van der Waals surface area (Å²) < 4.78 is 4.15. The van der Waals surface area contributed by atoms with E-state index in [4.69, 9.17) is 5.73 Å². The molecule has 1 aromatic carbocycles. The van der Waals surface area contributed by atoms with E-state index in [2.05, 4.69) is 11.1 Å². The minimum absolute atomic E-state index is 0.0266. The molecule has 8 nitrogen and oxygen atoms in total. The Labute approximate surface area is 184 Å². The van der Waals surface area contributed by atoms with Crippen LogP contribution >= 0.6 is 11.8 Å². The number of rotatable bonds is 7. The highest BCUT2D eigenvalue weighted by Gasteiger charge is 2.22. The number of thioether (sulfide) groups is 1. The third kappa shape index (κ3) is 4.51. The van der Waals surface area contributed by atoms with Gasteiger partial charge in [-0.15, -0.1) is 0 Å². The fourth-order valence-corrected chi connectivity index (χ4v) is 4.19. The number of carbonyl (C=O) groups is 1. The Morgan fingerprint density at radius 1 is 1.23 bits per heavy atom. The predicted octanol–water partition coefficient (Wildman–Crippen LogP) is 2.56. The third-order valence-electron chi connectivity index (χ3n) is 4.97. The van der Waals surface area contributed by atoms with Crippen molar-refractivity contribution in [3.05, 3.63) is 68.1 Å². The van der Waals surface area contributed by atoms with Gasteiger partial charge in [0.15, 0.2) is 10.9 Å². The smallest absolute Gasteiger partial charge is 0.332 e. The molecule has 31 heavy (non-hydrogen) atoms.